The summed E-state index contributed by atoms with van der Waals surface area (Å²) in [5.74, 6) is -1.04. The number of hydrogen-bond acceptors (Lipinski definition) is 5. The van der Waals surface area contributed by atoms with Crippen LogP contribution in [0.25, 0.3) is 0 Å². The summed E-state index contributed by atoms with van der Waals surface area (Å²) in [4.78, 5) is 10.1. The fourth-order valence-electron chi connectivity index (χ4n) is 1.14. The summed E-state index contributed by atoms with van der Waals surface area (Å²) in [6.45, 7) is 4.28. The van der Waals surface area contributed by atoms with Gasteiger partial charge in [-0.05, 0) is 19.8 Å². The van der Waals surface area contributed by atoms with Crippen LogP contribution >= 0.6 is 0 Å². The van der Waals surface area contributed by atoms with E-state index in [-0.39, 0.29) is 42.1 Å². The monoisotopic (exact) mass is 252 g/mol. The summed E-state index contributed by atoms with van der Waals surface area (Å²) >= 11 is 0. The number of allylic oxidation sites excluding steroid dienone is 1. The van der Waals surface area contributed by atoms with Crippen molar-refractivity contribution in [3.8, 4) is 0 Å². The van der Waals surface area contributed by atoms with Gasteiger partial charge < -0.3 is 25.6 Å². The molecule has 1 atom stereocenters. The van der Waals surface area contributed by atoms with E-state index in [0.717, 1.165) is 0 Å². The van der Waals surface area contributed by atoms with Crippen LogP contribution in [0.15, 0.2) is 12.2 Å². The molecule has 5 nitrogen and oxygen atoms in total. The standard InChI is InChI=1S/C11H22N2O3.Na/c1-2-3-4-10(14)9-13-8-7-12-6-5-11(15)16;/h2-3,10,12-14H,4-9H2,1H3,(H,15,16);/q;+1/p-1/b3-2+;. The molecule has 0 amide bonds. The van der Waals surface area contributed by atoms with Crippen molar-refractivity contribution in [1.82, 2.24) is 10.6 Å². The SMILES string of the molecule is C/C=C/CC(O)CNCCNCCC(=O)[O-].[Na+]. The van der Waals surface area contributed by atoms with Gasteiger partial charge in [0.05, 0.1) is 6.10 Å². The molecule has 0 rings (SSSR count). The van der Waals surface area contributed by atoms with Gasteiger partial charge >= 0.3 is 29.6 Å². The number of carbonyl (C=O) groups excluding carboxylic acids is 1. The second kappa shape index (κ2) is 14.2. The number of carboxylic acid groups (broad SMARTS) is 1. The molecule has 0 radical (unpaired) electrons. The maximum absolute atomic E-state index is 10.1. The molecule has 0 spiro atoms. The number of aliphatic hydroxyl groups excluding tert-OH is 1. The van der Waals surface area contributed by atoms with E-state index in [1.807, 2.05) is 19.1 Å². The van der Waals surface area contributed by atoms with Crippen molar-refractivity contribution < 1.29 is 44.6 Å². The molecule has 0 aliphatic heterocycles. The molecule has 0 heterocycles. The number of carbonyl (C=O) groups is 1. The fourth-order valence-corrected chi connectivity index (χ4v) is 1.14. The van der Waals surface area contributed by atoms with Crippen molar-refractivity contribution in [1.29, 1.82) is 0 Å². The molecule has 0 aliphatic rings. The third kappa shape index (κ3) is 16.1. The average Bonchev–Trinajstić information content (AvgIpc) is 2.24. The van der Waals surface area contributed by atoms with Gasteiger partial charge in [0.1, 0.15) is 0 Å². The molecule has 0 fully saturated rings. The Hall–Kier alpha value is 0.0900. The molecular formula is C11H21N2NaO3. The van der Waals surface area contributed by atoms with E-state index >= 15 is 0 Å². The molecule has 0 aromatic carbocycles. The minimum atomic E-state index is -1.04. The number of hydrogen-bond donors (Lipinski definition) is 3. The van der Waals surface area contributed by atoms with E-state index in [2.05, 4.69) is 10.6 Å². The number of rotatable bonds is 10. The van der Waals surface area contributed by atoms with Crippen LogP contribution < -0.4 is 45.3 Å². The fraction of sp³-hybridized carbons (Fsp3) is 0.727. The van der Waals surface area contributed by atoms with Crippen LogP contribution in [-0.4, -0.2) is 43.4 Å². The van der Waals surface area contributed by atoms with Gasteiger partial charge in [-0.1, -0.05) is 12.2 Å². The zero-order valence-electron chi connectivity index (χ0n) is 10.7. The topological polar surface area (TPSA) is 84.4 Å². The minimum absolute atomic E-state index is 0. The molecule has 0 saturated heterocycles. The van der Waals surface area contributed by atoms with Crippen molar-refractivity contribution >= 4 is 5.97 Å². The van der Waals surface area contributed by atoms with Gasteiger partial charge in [-0.25, -0.2) is 0 Å². The van der Waals surface area contributed by atoms with Gasteiger partial charge in [-0.3, -0.25) is 0 Å². The molecular weight excluding hydrogens is 231 g/mol. The summed E-state index contributed by atoms with van der Waals surface area (Å²) in [7, 11) is 0. The van der Waals surface area contributed by atoms with Crippen LogP contribution in [0.3, 0.4) is 0 Å². The molecule has 3 N–H and O–H groups in total. The maximum Gasteiger partial charge on any atom is 1.00 e. The Morgan fingerprint density at radius 2 is 2.00 bits per heavy atom. The molecule has 0 aliphatic carbocycles. The number of carboxylic acids is 1. The van der Waals surface area contributed by atoms with Crippen LogP contribution in [0.2, 0.25) is 0 Å². The van der Waals surface area contributed by atoms with Gasteiger partial charge in [-0.15, -0.1) is 0 Å². The molecule has 6 heteroatoms. The first-order valence-electron chi connectivity index (χ1n) is 5.57. The van der Waals surface area contributed by atoms with Gasteiger partial charge in [-0.2, -0.15) is 0 Å². The zero-order chi connectivity index (χ0) is 12.2. The summed E-state index contributed by atoms with van der Waals surface area (Å²) < 4.78 is 0. The Bertz CT molecular complexity index is 213. The second-order valence-electron chi connectivity index (χ2n) is 3.53. The Balaban J connectivity index is 0. The average molecular weight is 252 g/mol. The van der Waals surface area contributed by atoms with Gasteiger partial charge in [0.25, 0.3) is 0 Å². The van der Waals surface area contributed by atoms with E-state index in [0.29, 0.717) is 32.6 Å². The first kappa shape index (κ1) is 19.4. The van der Waals surface area contributed by atoms with E-state index < -0.39 is 5.97 Å². The molecule has 0 bridgehead atoms. The molecule has 0 aromatic rings. The van der Waals surface area contributed by atoms with Crippen molar-refractivity contribution in [3.63, 3.8) is 0 Å². The minimum Gasteiger partial charge on any atom is -0.550 e. The maximum atomic E-state index is 10.1. The van der Waals surface area contributed by atoms with Crippen LogP contribution in [-0.2, 0) is 4.79 Å². The number of aliphatic carboxylic acids is 1. The van der Waals surface area contributed by atoms with E-state index in [1.54, 1.807) is 0 Å². The zero-order valence-corrected chi connectivity index (χ0v) is 12.7. The second-order valence-corrected chi connectivity index (χ2v) is 3.53. The smallest absolute Gasteiger partial charge is 0.550 e. The molecule has 0 aromatic heterocycles. The molecule has 1 unspecified atom stereocenters. The summed E-state index contributed by atoms with van der Waals surface area (Å²) in [6.07, 6.45) is 4.15. The molecule has 94 valence electrons. The normalized spacial score (nSPS) is 12.4. The van der Waals surface area contributed by atoms with Gasteiger partial charge in [0.15, 0.2) is 0 Å². The third-order valence-electron chi connectivity index (χ3n) is 2.01. The van der Waals surface area contributed by atoms with E-state index in [1.165, 1.54) is 0 Å². The van der Waals surface area contributed by atoms with Crippen LogP contribution in [0.4, 0.5) is 0 Å². The Morgan fingerprint density at radius 3 is 2.59 bits per heavy atom. The predicted molar refractivity (Wildman–Crippen MR) is 60.8 cm³/mol. The van der Waals surface area contributed by atoms with Crippen LogP contribution in [0, 0.1) is 0 Å². The Labute approximate surface area is 125 Å². The van der Waals surface area contributed by atoms with Gasteiger partial charge in [0.2, 0.25) is 0 Å². The van der Waals surface area contributed by atoms with Gasteiger partial charge in [0, 0.05) is 32.1 Å². The summed E-state index contributed by atoms with van der Waals surface area (Å²) in [5.41, 5.74) is 0. The Kier molecular flexibility index (Phi) is 16.2. The van der Waals surface area contributed by atoms with Crippen molar-refractivity contribution in [2.45, 2.75) is 25.9 Å². The number of aliphatic hydroxyl groups is 1. The summed E-state index contributed by atoms with van der Waals surface area (Å²) in [5, 5.41) is 25.5. The molecule has 17 heavy (non-hydrogen) atoms. The number of nitrogens with one attached hydrogen (secondary N) is 2. The summed E-state index contributed by atoms with van der Waals surface area (Å²) in [6, 6.07) is 0. The quantitative estimate of drug-likeness (QED) is 0.208. The largest absolute Gasteiger partial charge is 1.00 e. The Morgan fingerprint density at radius 1 is 1.35 bits per heavy atom. The van der Waals surface area contributed by atoms with Crippen LogP contribution in [0.1, 0.15) is 19.8 Å². The van der Waals surface area contributed by atoms with Crippen molar-refractivity contribution in [2.24, 2.45) is 0 Å². The molecule has 0 saturated carbocycles. The predicted octanol–water partition coefficient (Wildman–Crippen LogP) is -4.36. The van der Waals surface area contributed by atoms with Crippen molar-refractivity contribution in [2.75, 3.05) is 26.2 Å². The van der Waals surface area contributed by atoms with E-state index in [9.17, 15) is 15.0 Å². The van der Waals surface area contributed by atoms with Crippen LogP contribution in [0.5, 0.6) is 0 Å². The van der Waals surface area contributed by atoms with E-state index in [4.69, 9.17) is 0 Å². The van der Waals surface area contributed by atoms with Crippen molar-refractivity contribution in [3.05, 3.63) is 12.2 Å². The third-order valence-corrected chi connectivity index (χ3v) is 2.01. The first-order valence-corrected chi connectivity index (χ1v) is 5.57. The first-order chi connectivity index (χ1) is 7.66.